The van der Waals surface area contributed by atoms with Crippen LogP contribution < -0.4 is 0 Å². The third-order valence-corrected chi connectivity index (χ3v) is 2.48. The van der Waals surface area contributed by atoms with Gasteiger partial charge in [-0.2, -0.15) is 0 Å². The molecule has 0 amide bonds. The van der Waals surface area contributed by atoms with Gasteiger partial charge >= 0.3 is 0 Å². The summed E-state index contributed by atoms with van der Waals surface area (Å²) in [5, 5.41) is 0. The van der Waals surface area contributed by atoms with Crippen LogP contribution in [0.5, 0.6) is 0 Å². The number of hydrogen-bond acceptors (Lipinski definition) is 1. The Morgan fingerprint density at radius 1 is 1.33 bits per heavy atom. The van der Waals surface area contributed by atoms with Gasteiger partial charge in [0.1, 0.15) is 7.11 Å². The van der Waals surface area contributed by atoms with Gasteiger partial charge < -0.3 is 4.74 Å². The molecule has 1 aromatic rings. The third kappa shape index (κ3) is 1.25. The lowest BCUT2D eigenvalue weighted by molar-refractivity contribution is 0.122. The highest BCUT2D eigenvalue weighted by Gasteiger charge is 2.18. The van der Waals surface area contributed by atoms with Crippen molar-refractivity contribution in [1.29, 1.82) is 0 Å². The van der Waals surface area contributed by atoms with Crippen LogP contribution in [0.25, 0.3) is 0 Å². The van der Waals surface area contributed by atoms with Crippen molar-refractivity contribution in [2.24, 2.45) is 0 Å². The molecule has 1 unspecified atom stereocenters. The monoisotopic (exact) mass is 160 g/mol. The Kier molecular flexibility index (Phi) is 2.13. The summed E-state index contributed by atoms with van der Waals surface area (Å²) < 4.78 is 4.92. The number of benzene rings is 1. The lowest BCUT2D eigenvalue weighted by atomic mass is 9.89. The molecule has 2 rings (SSSR count). The summed E-state index contributed by atoms with van der Waals surface area (Å²) in [6.45, 7) is 0. The molecule has 1 nitrogen and oxygen atoms in total. The second-order valence-electron chi connectivity index (χ2n) is 3.22. The fourth-order valence-electron chi connectivity index (χ4n) is 1.85. The van der Waals surface area contributed by atoms with Gasteiger partial charge in [0.05, 0.1) is 6.10 Å². The quantitative estimate of drug-likeness (QED) is 0.613. The average Bonchev–Trinajstić information content (AvgIpc) is 2.17. The van der Waals surface area contributed by atoms with E-state index in [9.17, 15) is 0 Å². The highest BCUT2D eigenvalue weighted by molar-refractivity contribution is 5.31. The Morgan fingerprint density at radius 2 is 2.17 bits per heavy atom. The fourth-order valence-corrected chi connectivity index (χ4v) is 1.85. The number of fused-ring (bicyclic) bond motifs is 1. The molecule has 0 heterocycles. The molecule has 2 radical (unpaired) electrons. The molecule has 0 N–H and O–H groups in total. The Labute approximate surface area is 73.4 Å². The van der Waals surface area contributed by atoms with Crippen LogP contribution in [-0.4, -0.2) is 0 Å². The maximum absolute atomic E-state index is 5.22. The van der Waals surface area contributed by atoms with E-state index in [1.807, 2.05) is 6.07 Å². The lowest BCUT2D eigenvalue weighted by Crippen LogP contribution is -2.10. The minimum Gasteiger partial charge on any atom is -0.365 e. The Morgan fingerprint density at radius 3 is 3.00 bits per heavy atom. The molecule has 12 heavy (non-hydrogen) atoms. The number of hydrogen-bond donors (Lipinski definition) is 0. The minimum atomic E-state index is 0.120. The Hall–Kier alpha value is -0.820. The van der Waals surface area contributed by atoms with Gasteiger partial charge in [0.2, 0.25) is 0 Å². The number of ether oxygens (including phenoxy) is 1. The predicted molar refractivity (Wildman–Crippen MR) is 47.5 cm³/mol. The highest BCUT2D eigenvalue weighted by atomic mass is 16.5. The first kappa shape index (κ1) is 7.81. The summed E-state index contributed by atoms with van der Waals surface area (Å²) in [6, 6.07) is 8.36. The first-order valence-electron chi connectivity index (χ1n) is 4.35. The zero-order valence-electron chi connectivity index (χ0n) is 6.99. The molecule has 1 aliphatic carbocycles. The molecule has 0 saturated carbocycles. The van der Waals surface area contributed by atoms with Crippen molar-refractivity contribution in [2.75, 3.05) is 0 Å². The van der Waals surface area contributed by atoms with Crippen molar-refractivity contribution in [3.63, 3.8) is 0 Å². The van der Waals surface area contributed by atoms with Crippen molar-refractivity contribution in [3.8, 4) is 0 Å². The van der Waals surface area contributed by atoms with Crippen LogP contribution in [0.2, 0.25) is 0 Å². The molecule has 0 aromatic heterocycles. The predicted octanol–water partition coefficient (Wildman–Crippen LogP) is 2.75. The van der Waals surface area contributed by atoms with Crippen LogP contribution in [0.1, 0.15) is 30.1 Å². The summed E-state index contributed by atoms with van der Waals surface area (Å²) in [5.74, 6) is 0. The zero-order chi connectivity index (χ0) is 8.39. The van der Waals surface area contributed by atoms with E-state index in [1.165, 1.54) is 17.5 Å². The van der Waals surface area contributed by atoms with Crippen LogP contribution in [0.4, 0.5) is 0 Å². The standard InChI is InChI=1S/C11H12O/c1-12-11-8-4-6-9-5-2-3-7-10(9)11/h1-3,5,7,11H,4,6,8H2. The molecule has 1 aromatic carbocycles. The van der Waals surface area contributed by atoms with E-state index in [4.69, 9.17) is 11.8 Å². The van der Waals surface area contributed by atoms with E-state index in [-0.39, 0.29) is 6.10 Å². The van der Waals surface area contributed by atoms with E-state index in [0.29, 0.717) is 0 Å². The zero-order valence-corrected chi connectivity index (χ0v) is 6.99. The molecule has 0 saturated heterocycles. The lowest BCUT2D eigenvalue weighted by Gasteiger charge is -2.23. The average molecular weight is 160 g/mol. The molecule has 0 fully saturated rings. The van der Waals surface area contributed by atoms with Crippen molar-refractivity contribution in [2.45, 2.75) is 25.4 Å². The van der Waals surface area contributed by atoms with Crippen molar-refractivity contribution in [1.82, 2.24) is 0 Å². The van der Waals surface area contributed by atoms with Gasteiger partial charge in [0, 0.05) is 0 Å². The second-order valence-corrected chi connectivity index (χ2v) is 3.22. The summed E-state index contributed by atoms with van der Waals surface area (Å²) >= 11 is 0. The van der Waals surface area contributed by atoms with Crippen LogP contribution in [0, 0.1) is 7.11 Å². The molecule has 0 bridgehead atoms. The SMILES string of the molecule is [CH]OC1CCCc2ccccc21. The van der Waals surface area contributed by atoms with Gasteiger partial charge in [-0.15, -0.1) is 0 Å². The van der Waals surface area contributed by atoms with Gasteiger partial charge in [-0.25, -0.2) is 0 Å². The Balaban J connectivity index is 2.37. The van der Waals surface area contributed by atoms with Gasteiger partial charge in [0.15, 0.2) is 0 Å². The number of rotatable bonds is 1. The van der Waals surface area contributed by atoms with E-state index in [2.05, 4.69) is 18.2 Å². The largest absolute Gasteiger partial charge is 0.365 e. The molecule has 62 valence electrons. The minimum absolute atomic E-state index is 0.120. The van der Waals surface area contributed by atoms with Crippen LogP contribution in [-0.2, 0) is 11.2 Å². The smallest absolute Gasteiger partial charge is 0.116 e. The van der Waals surface area contributed by atoms with E-state index >= 15 is 0 Å². The first-order chi connectivity index (χ1) is 5.92. The Bertz CT molecular complexity index is 267. The van der Waals surface area contributed by atoms with E-state index in [0.717, 1.165) is 12.8 Å². The molecular formula is C11H12O. The molecular weight excluding hydrogens is 148 g/mol. The van der Waals surface area contributed by atoms with Crippen LogP contribution >= 0.6 is 0 Å². The van der Waals surface area contributed by atoms with Crippen LogP contribution in [0.3, 0.4) is 0 Å². The summed E-state index contributed by atoms with van der Waals surface area (Å²) in [5.41, 5.74) is 2.66. The molecule has 1 heteroatoms. The molecule has 1 aliphatic rings. The van der Waals surface area contributed by atoms with Crippen molar-refractivity contribution < 1.29 is 4.74 Å². The molecule has 0 spiro atoms. The van der Waals surface area contributed by atoms with Gasteiger partial charge in [-0.1, -0.05) is 24.3 Å². The van der Waals surface area contributed by atoms with E-state index < -0.39 is 0 Å². The molecule has 0 aliphatic heterocycles. The highest BCUT2D eigenvalue weighted by Crippen LogP contribution is 2.31. The van der Waals surface area contributed by atoms with E-state index in [1.54, 1.807) is 0 Å². The summed E-state index contributed by atoms with van der Waals surface area (Å²) in [7, 11) is 5.22. The van der Waals surface area contributed by atoms with Gasteiger partial charge in [-0.05, 0) is 30.4 Å². The molecule has 1 atom stereocenters. The topological polar surface area (TPSA) is 9.23 Å². The number of aryl methyl sites for hydroxylation is 1. The second kappa shape index (κ2) is 3.28. The van der Waals surface area contributed by atoms with Crippen molar-refractivity contribution in [3.05, 3.63) is 42.5 Å². The van der Waals surface area contributed by atoms with Gasteiger partial charge in [0.25, 0.3) is 0 Å². The van der Waals surface area contributed by atoms with Crippen LogP contribution in [0.15, 0.2) is 24.3 Å². The normalized spacial score (nSPS) is 21.9. The van der Waals surface area contributed by atoms with Crippen molar-refractivity contribution >= 4 is 0 Å². The fraction of sp³-hybridized carbons (Fsp3) is 0.364. The maximum atomic E-state index is 5.22. The van der Waals surface area contributed by atoms with Gasteiger partial charge in [-0.3, -0.25) is 0 Å². The maximum Gasteiger partial charge on any atom is 0.116 e. The third-order valence-electron chi connectivity index (χ3n) is 2.48. The first-order valence-corrected chi connectivity index (χ1v) is 4.35. The summed E-state index contributed by atoms with van der Waals surface area (Å²) in [6.07, 6.45) is 3.51. The summed E-state index contributed by atoms with van der Waals surface area (Å²) in [4.78, 5) is 0.